The molecule has 1 amide bonds. The van der Waals surface area contributed by atoms with Crippen LogP contribution >= 0.6 is 0 Å². The number of hydrogen-bond acceptors (Lipinski definition) is 3. The van der Waals surface area contributed by atoms with Crippen LogP contribution < -0.4 is 5.32 Å². The summed E-state index contributed by atoms with van der Waals surface area (Å²) in [5.74, 6) is 0.708. The molecule has 1 saturated carbocycles. The van der Waals surface area contributed by atoms with Gasteiger partial charge in [0.05, 0.1) is 18.0 Å². The Morgan fingerprint density at radius 3 is 2.71 bits per heavy atom. The molecule has 1 aliphatic carbocycles. The van der Waals surface area contributed by atoms with Crippen molar-refractivity contribution in [3.05, 3.63) is 83.0 Å². The fraction of sp³-hybridized carbons (Fsp3) is 0.393. The molecule has 5 rings (SSSR count). The molecule has 2 aromatic carbocycles. The predicted octanol–water partition coefficient (Wildman–Crippen LogP) is 6.31. The molecule has 174 valence electrons. The lowest BCUT2D eigenvalue weighted by Gasteiger charge is -2.28. The van der Waals surface area contributed by atoms with E-state index in [9.17, 15) is 4.79 Å². The van der Waals surface area contributed by atoms with E-state index in [2.05, 4.69) is 32.3 Å². The normalized spacial score (nSPS) is 16.8. The van der Waals surface area contributed by atoms with E-state index >= 15 is 0 Å². The average Bonchev–Trinajstić information content (AvgIpc) is 3.35. The Morgan fingerprint density at radius 1 is 1.15 bits per heavy atom. The summed E-state index contributed by atoms with van der Waals surface area (Å²) in [6, 6.07) is 17.7. The van der Waals surface area contributed by atoms with Gasteiger partial charge < -0.3 is 5.32 Å². The number of aromatic nitrogens is 2. The zero-order valence-corrected chi connectivity index (χ0v) is 19.7. The second-order valence-electron chi connectivity index (χ2n) is 9.57. The molecule has 1 N–H and O–H groups in total. The van der Waals surface area contributed by atoms with Crippen LogP contribution in [0.2, 0.25) is 0 Å². The Hall–Kier alpha value is -3.43. The van der Waals surface area contributed by atoms with Gasteiger partial charge in [0.1, 0.15) is 5.69 Å². The Balaban J connectivity index is 1.37. The summed E-state index contributed by atoms with van der Waals surface area (Å²) in [6.45, 7) is 11.5. The van der Waals surface area contributed by atoms with E-state index in [0.717, 1.165) is 30.4 Å². The number of benzene rings is 2. The first-order chi connectivity index (χ1) is 16.6. The second-order valence-corrected chi connectivity index (χ2v) is 9.57. The number of amides is 1. The van der Waals surface area contributed by atoms with E-state index in [4.69, 9.17) is 6.57 Å². The number of hydrogen-bond donors (Lipinski definition) is 1. The zero-order valence-electron chi connectivity index (χ0n) is 19.7. The first-order valence-electron chi connectivity index (χ1n) is 12.3. The molecule has 3 aromatic rings. The van der Waals surface area contributed by atoms with E-state index in [-0.39, 0.29) is 5.91 Å². The predicted molar refractivity (Wildman–Crippen MR) is 134 cm³/mol. The SMILES string of the molecule is [C-]#[N+]c1cccc(-n2nc(C)cc2C(=O)Nc2cccc(C(CCC3CC3)N3CCCC3)c2)c1. The van der Waals surface area contributed by atoms with Gasteiger partial charge in [-0.25, -0.2) is 9.53 Å². The Morgan fingerprint density at radius 2 is 1.94 bits per heavy atom. The lowest BCUT2D eigenvalue weighted by molar-refractivity contribution is 0.101. The minimum Gasteiger partial charge on any atom is -0.321 e. The molecule has 1 saturated heterocycles. The number of aryl methyl sites for hydroxylation is 1. The largest absolute Gasteiger partial charge is 0.321 e. The van der Waals surface area contributed by atoms with Gasteiger partial charge in [-0.1, -0.05) is 37.1 Å². The summed E-state index contributed by atoms with van der Waals surface area (Å²) in [6.07, 6.45) is 7.79. The number of anilines is 1. The van der Waals surface area contributed by atoms with Crippen LogP contribution in [0.4, 0.5) is 11.4 Å². The highest BCUT2D eigenvalue weighted by Gasteiger charge is 2.28. The number of carbonyl (C=O) groups excluding carboxylic acids is 1. The van der Waals surface area contributed by atoms with Crippen LogP contribution in [0.5, 0.6) is 0 Å². The lowest BCUT2D eigenvalue weighted by atomic mass is 9.98. The van der Waals surface area contributed by atoms with Crippen LogP contribution in [-0.2, 0) is 0 Å². The molecule has 2 aliphatic rings. The molecule has 6 heteroatoms. The van der Waals surface area contributed by atoms with E-state index < -0.39 is 0 Å². The molecular weight excluding hydrogens is 422 g/mol. The quantitative estimate of drug-likeness (QED) is 0.407. The zero-order chi connectivity index (χ0) is 23.5. The number of nitrogens with zero attached hydrogens (tertiary/aromatic N) is 4. The molecular formula is C28H31N5O. The molecule has 0 bridgehead atoms. The average molecular weight is 454 g/mol. The summed E-state index contributed by atoms with van der Waals surface area (Å²) >= 11 is 0. The van der Waals surface area contributed by atoms with Gasteiger partial charge in [0.25, 0.3) is 5.91 Å². The monoisotopic (exact) mass is 453 g/mol. The van der Waals surface area contributed by atoms with Crippen molar-refractivity contribution in [2.24, 2.45) is 5.92 Å². The van der Waals surface area contributed by atoms with Crippen LogP contribution in [0, 0.1) is 19.4 Å². The summed E-state index contributed by atoms with van der Waals surface area (Å²) < 4.78 is 1.62. The summed E-state index contributed by atoms with van der Waals surface area (Å²) in [5, 5.41) is 7.60. The molecule has 1 unspecified atom stereocenters. The van der Waals surface area contributed by atoms with Gasteiger partial charge in [-0.15, -0.1) is 0 Å². The third-order valence-corrected chi connectivity index (χ3v) is 6.92. The number of carbonyl (C=O) groups is 1. The summed E-state index contributed by atoms with van der Waals surface area (Å²) in [7, 11) is 0. The van der Waals surface area contributed by atoms with E-state index in [0.29, 0.717) is 23.1 Å². The fourth-order valence-electron chi connectivity index (χ4n) is 4.98. The van der Waals surface area contributed by atoms with Gasteiger partial charge in [-0.2, -0.15) is 5.10 Å². The van der Waals surface area contributed by atoms with Gasteiger partial charge in [0, 0.05) is 11.7 Å². The van der Waals surface area contributed by atoms with Gasteiger partial charge in [-0.3, -0.25) is 9.69 Å². The van der Waals surface area contributed by atoms with Crippen molar-refractivity contribution < 1.29 is 4.79 Å². The molecule has 1 atom stereocenters. The Kier molecular flexibility index (Phi) is 6.46. The minimum atomic E-state index is -0.207. The molecule has 1 aromatic heterocycles. The molecule has 0 spiro atoms. The van der Waals surface area contributed by atoms with Crippen molar-refractivity contribution >= 4 is 17.3 Å². The van der Waals surface area contributed by atoms with Gasteiger partial charge in [0.15, 0.2) is 5.69 Å². The maximum absolute atomic E-state index is 13.3. The van der Waals surface area contributed by atoms with E-state index in [1.807, 2.05) is 31.2 Å². The number of likely N-dealkylation sites (tertiary alicyclic amines) is 1. The van der Waals surface area contributed by atoms with Gasteiger partial charge in [0.2, 0.25) is 0 Å². The number of rotatable bonds is 8. The molecule has 34 heavy (non-hydrogen) atoms. The molecule has 1 aliphatic heterocycles. The third-order valence-electron chi connectivity index (χ3n) is 6.92. The van der Waals surface area contributed by atoms with Crippen molar-refractivity contribution in [1.29, 1.82) is 0 Å². The van der Waals surface area contributed by atoms with Crippen molar-refractivity contribution in [1.82, 2.24) is 14.7 Å². The van der Waals surface area contributed by atoms with E-state index in [1.54, 1.807) is 22.9 Å². The molecule has 0 radical (unpaired) electrons. The fourth-order valence-corrected chi connectivity index (χ4v) is 4.98. The van der Waals surface area contributed by atoms with Crippen molar-refractivity contribution in [2.45, 2.75) is 51.5 Å². The smallest absolute Gasteiger partial charge is 0.274 e. The van der Waals surface area contributed by atoms with E-state index in [1.165, 1.54) is 44.1 Å². The topological polar surface area (TPSA) is 54.5 Å². The standard InChI is InChI=1S/C28H31N5O/c1-20-17-27(33(31-20)25-10-6-8-23(19-25)29-2)28(34)30-24-9-5-7-22(18-24)26(14-13-21-11-12-21)32-15-3-4-16-32/h5-10,17-19,21,26H,3-4,11-16H2,1H3,(H,30,34). The van der Waals surface area contributed by atoms with Crippen LogP contribution in [0.15, 0.2) is 54.6 Å². The molecule has 2 heterocycles. The third kappa shape index (κ3) is 5.05. The molecule has 2 fully saturated rings. The minimum absolute atomic E-state index is 0.207. The van der Waals surface area contributed by atoms with Crippen molar-refractivity contribution in [3.8, 4) is 5.69 Å². The Labute approximate surface area is 201 Å². The number of nitrogens with one attached hydrogen (secondary N) is 1. The van der Waals surface area contributed by atoms with Crippen LogP contribution in [0.3, 0.4) is 0 Å². The van der Waals surface area contributed by atoms with Crippen molar-refractivity contribution in [3.63, 3.8) is 0 Å². The summed E-state index contributed by atoms with van der Waals surface area (Å²) in [4.78, 5) is 19.4. The highest BCUT2D eigenvalue weighted by molar-refractivity contribution is 6.03. The second kappa shape index (κ2) is 9.82. The first-order valence-corrected chi connectivity index (χ1v) is 12.3. The summed E-state index contributed by atoms with van der Waals surface area (Å²) in [5.41, 5.74) is 4.52. The molecule has 6 nitrogen and oxygen atoms in total. The highest BCUT2D eigenvalue weighted by Crippen LogP contribution is 2.38. The van der Waals surface area contributed by atoms with Crippen LogP contribution in [-0.4, -0.2) is 33.7 Å². The van der Waals surface area contributed by atoms with Gasteiger partial charge >= 0.3 is 0 Å². The Bertz CT molecular complexity index is 1210. The first kappa shape index (κ1) is 22.4. The van der Waals surface area contributed by atoms with Crippen LogP contribution in [0.25, 0.3) is 10.5 Å². The van der Waals surface area contributed by atoms with Crippen LogP contribution in [0.1, 0.15) is 66.3 Å². The maximum Gasteiger partial charge on any atom is 0.274 e. The maximum atomic E-state index is 13.3. The highest BCUT2D eigenvalue weighted by atomic mass is 16.2. The lowest BCUT2D eigenvalue weighted by Crippen LogP contribution is -2.26. The van der Waals surface area contributed by atoms with Crippen molar-refractivity contribution in [2.75, 3.05) is 18.4 Å². The van der Waals surface area contributed by atoms with Gasteiger partial charge in [-0.05, 0) is 87.5 Å².